The lowest BCUT2D eigenvalue weighted by atomic mass is 10.1. The van der Waals surface area contributed by atoms with Crippen molar-refractivity contribution >= 4 is 34.8 Å². The molecular weight excluding hydrogens is 253 g/mol. The van der Waals surface area contributed by atoms with Gasteiger partial charge in [-0.1, -0.05) is 17.7 Å². The fraction of sp³-hybridized carbons (Fsp3) is 0.111. The van der Waals surface area contributed by atoms with Crippen molar-refractivity contribution in [3.8, 4) is 0 Å². The maximum absolute atomic E-state index is 13.3. The van der Waals surface area contributed by atoms with Crippen molar-refractivity contribution in [1.29, 1.82) is 0 Å². The Bertz CT molecular complexity index is 427. The number of amides is 1. The minimum absolute atomic E-state index is 0.0649. The lowest BCUT2D eigenvalue weighted by molar-refractivity contribution is -0.121. The van der Waals surface area contributed by atoms with Gasteiger partial charge in [-0.2, -0.15) is 0 Å². The highest BCUT2D eigenvalue weighted by Crippen LogP contribution is 2.14. The van der Waals surface area contributed by atoms with Crippen LogP contribution in [0.25, 0.3) is 0 Å². The van der Waals surface area contributed by atoms with Gasteiger partial charge in [0.2, 0.25) is 5.91 Å². The SMILES string of the molecule is NC(=S)NNC(=O)Cc1ccc(Cl)cc1F. The standard InChI is InChI=1S/C9H9ClFN3OS/c10-6-2-1-5(7(11)4-6)3-8(15)13-14-9(12)16/h1-2,4H,3H2,(H,13,15)(H3,12,14,16). The van der Waals surface area contributed by atoms with Crippen LogP contribution in [0.4, 0.5) is 4.39 Å². The molecule has 16 heavy (non-hydrogen) atoms. The van der Waals surface area contributed by atoms with Gasteiger partial charge >= 0.3 is 0 Å². The first kappa shape index (κ1) is 12.7. The minimum atomic E-state index is -0.530. The van der Waals surface area contributed by atoms with Gasteiger partial charge < -0.3 is 5.73 Å². The molecule has 1 rings (SSSR count). The molecule has 1 aromatic carbocycles. The van der Waals surface area contributed by atoms with Crippen LogP contribution >= 0.6 is 23.8 Å². The van der Waals surface area contributed by atoms with Crippen molar-refractivity contribution in [2.75, 3.05) is 0 Å². The van der Waals surface area contributed by atoms with Crippen LogP contribution in [0.2, 0.25) is 5.02 Å². The van der Waals surface area contributed by atoms with E-state index < -0.39 is 11.7 Å². The number of carbonyl (C=O) groups is 1. The van der Waals surface area contributed by atoms with Crippen LogP contribution in [0.3, 0.4) is 0 Å². The summed E-state index contributed by atoms with van der Waals surface area (Å²) >= 11 is 10.1. The smallest absolute Gasteiger partial charge is 0.242 e. The van der Waals surface area contributed by atoms with Crippen LogP contribution in [0, 0.1) is 5.82 Å². The van der Waals surface area contributed by atoms with Gasteiger partial charge in [0.05, 0.1) is 6.42 Å². The number of nitrogens with two attached hydrogens (primary N) is 1. The Balaban J connectivity index is 2.59. The lowest BCUT2D eigenvalue weighted by Crippen LogP contribution is -2.45. The van der Waals surface area contributed by atoms with Gasteiger partial charge in [0, 0.05) is 5.02 Å². The number of benzene rings is 1. The molecule has 1 aromatic rings. The molecule has 0 saturated heterocycles. The normalized spacial score (nSPS) is 9.62. The van der Waals surface area contributed by atoms with Crippen molar-refractivity contribution in [1.82, 2.24) is 10.9 Å². The van der Waals surface area contributed by atoms with Gasteiger partial charge in [-0.05, 0) is 29.9 Å². The van der Waals surface area contributed by atoms with E-state index in [4.69, 9.17) is 17.3 Å². The number of hydrazine groups is 1. The van der Waals surface area contributed by atoms with E-state index in [1.807, 2.05) is 0 Å². The molecule has 0 aliphatic heterocycles. The first-order valence-corrected chi connectivity index (χ1v) is 5.06. The summed E-state index contributed by atoms with van der Waals surface area (Å²) in [7, 11) is 0. The molecule has 4 N–H and O–H groups in total. The summed E-state index contributed by atoms with van der Waals surface area (Å²) in [5.41, 5.74) is 9.82. The molecule has 0 spiro atoms. The fourth-order valence-corrected chi connectivity index (χ4v) is 1.22. The van der Waals surface area contributed by atoms with E-state index in [0.717, 1.165) is 6.07 Å². The molecule has 0 aliphatic rings. The first-order chi connectivity index (χ1) is 7.49. The van der Waals surface area contributed by atoms with Crippen molar-refractivity contribution in [3.05, 3.63) is 34.6 Å². The topological polar surface area (TPSA) is 67.2 Å². The zero-order valence-corrected chi connectivity index (χ0v) is 9.66. The predicted molar refractivity (Wildman–Crippen MR) is 63.2 cm³/mol. The van der Waals surface area contributed by atoms with E-state index in [0.29, 0.717) is 0 Å². The monoisotopic (exact) mass is 261 g/mol. The van der Waals surface area contributed by atoms with Crippen molar-refractivity contribution in [2.45, 2.75) is 6.42 Å². The van der Waals surface area contributed by atoms with Crippen LogP contribution in [0.5, 0.6) is 0 Å². The second-order valence-corrected chi connectivity index (χ2v) is 3.83. The van der Waals surface area contributed by atoms with Crippen LogP contribution in [-0.2, 0) is 11.2 Å². The second kappa shape index (κ2) is 5.62. The first-order valence-electron chi connectivity index (χ1n) is 4.27. The van der Waals surface area contributed by atoms with E-state index in [2.05, 4.69) is 23.1 Å². The molecule has 0 saturated carbocycles. The average Bonchev–Trinajstić information content (AvgIpc) is 2.19. The average molecular weight is 262 g/mol. The molecule has 0 aromatic heterocycles. The third kappa shape index (κ3) is 4.00. The number of thiocarbonyl (C=S) groups is 1. The van der Waals surface area contributed by atoms with Gasteiger partial charge in [0.1, 0.15) is 5.82 Å². The summed E-state index contributed by atoms with van der Waals surface area (Å²) in [5.74, 6) is -0.980. The van der Waals surface area contributed by atoms with Gasteiger partial charge in [-0.15, -0.1) is 0 Å². The lowest BCUT2D eigenvalue weighted by Gasteiger charge is -2.06. The van der Waals surface area contributed by atoms with E-state index >= 15 is 0 Å². The summed E-state index contributed by atoms with van der Waals surface area (Å²) in [6.45, 7) is 0. The Kier molecular flexibility index (Phi) is 4.45. The molecular formula is C9H9ClFN3OS. The molecule has 0 fully saturated rings. The van der Waals surface area contributed by atoms with Crippen molar-refractivity contribution in [2.24, 2.45) is 5.73 Å². The number of hydrogen-bond donors (Lipinski definition) is 3. The second-order valence-electron chi connectivity index (χ2n) is 2.95. The van der Waals surface area contributed by atoms with Gasteiger partial charge in [0.15, 0.2) is 5.11 Å². The number of halogens is 2. The van der Waals surface area contributed by atoms with E-state index in [1.54, 1.807) is 0 Å². The van der Waals surface area contributed by atoms with Crippen LogP contribution < -0.4 is 16.6 Å². The van der Waals surface area contributed by atoms with Gasteiger partial charge in [-0.25, -0.2) is 4.39 Å². The quantitative estimate of drug-likeness (QED) is 0.546. The largest absolute Gasteiger partial charge is 0.375 e. The highest BCUT2D eigenvalue weighted by atomic mass is 35.5. The van der Waals surface area contributed by atoms with Crippen LogP contribution in [0.1, 0.15) is 5.56 Å². The number of hydrogen-bond acceptors (Lipinski definition) is 2. The number of nitrogens with one attached hydrogen (secondary N) is 2. The number of rotatable bonds is 2. The molecule has 7 heteroatoms. The van der Waals surface area contributed by atoms with Gasteiger partial charge in [0.25, 0.3) is 0 Å². The summed E-state index contributed by atoms with van der Waals surface area (Å²) < 4.78 is 13.3. The van der Waals surface area contributed by atoms with Crippen molar-refractivity contribution in [3.63, 3.8) is 0 Å². The zero-order chi connectivity index (χ0) is 12.1. The third-order valence-electron chi connectivity index (χ3n) is 1.69. The maximum atomic E-state index is 13.3. The number of carbonyl (C=O) groups excluding carboxylic acids is 1. The molecule has 4 nitrogen and oxygen atoms in total. The predicted octanol–water partition coefficient (Wildman–Crippen LogP) is 0.886. The molecule has 0 bridgehead atoms. The summed E-state index contributed by atoms with van der Waals surface area (Å²) in [4.78, 5) is 11.3. The zero-order valence-electron chi connectivity index (χ0n) is 8.09. The maximum Gasteiger partial charge on any atom is 0.242 e. The van der Waals surface area contributed by atoms with Gasteiger partial charge in [-0.3, -0.25) is 15.6 Å². The Labute approximate surface area is 102 Å². The van der Waals surface area contributed by atoms with Crippen LogP contribution in [-0.4, -0.2) is 11.0 Å². The summed E-state index contributed by atoms with van der Waals surface area (Å²) in [5, 5.41) is 0.216. The molecule has 86 valence electrons. The fourth-order valence-electron chi connectivity index (χ4n) is 1.01. The Morgan fingerprint density at radius 2 is 2.19 bits per heavy atom. The molecule has 1 amide bonds. The van der Waals surface area contributed by atoms with Crippen LogP contribution in [0.15, 0.2) is 18.2 Å². The Hall–Kier alpha value is -1.40. The highest BCUT2D eigenvalue weighted by Gasteiger charge is 2.08. The Morgan fingerprint density at radius 3 is 2.75 bits per heavy atom. The van der Waals surface area contributed by atoms with E-state index in [-0.39, 0.29) is 22.1 Å². The third-order valence-corrected chi connectivity index (χ3v) is 2.03. The van der Waals surface area contributed by atoms with Crippen molar-refractivity contribution < 1.29 is 9.18 Å². The van der Waals surface area contributed by atoms with E-state index in [9.17, 15) is 9.18 Å². The Morgan fingerprint density at radius 1 is 1.50 bits per heavy atom. The molecule has 0 radical (unpaired) electrons. The molecule has 0 heterocycles. The summed E-state index contributed by atoms with van der Waals surface area (Å²) in [6, 6.07) is 4.09. The molecule has 0 unspecified atom stereocenters. The van der Waals surface area contributed by atoms with E-state index in [1.165, 1.54) is 12.1 Å². The minimum Gasteiger partial charge on any atom is -0.375 e. The summed E-state index contributed by atoms with van der Waals surface area (Å²) in [6.07, 6.45) is -0.126. The molecule has 0 atom stereocenters. The molecule has 0 aliphatic carbocycles. The highest BCUT2D eigenvalue weighted by molar-refractivity contribution is 7.80.